The first-order chi connectivity index (χ1) is 10.6. The van der Waals surface area contributed by atoms with E-state index in [9.17, 15) is 9.50 Å². The molecule has 0 unspecified atom stereocenters. The van der Waals surface area contributed by atoms with Gasteiger partial charge in [0.25, 0.3) is 0 Å². The highest BCUT2D eigenvalue weighted by Gasteiger charge is 2.20. The van der Waals surface area contributed by atoms with Crippen molar-refractivity contribution in [2.45, 2.75) is 6.61 Å². The van der Waals surface area contributed by atoms with Crippen LogP contribution in [0, 0.1) is 5.82 Å². The Labute approximate surface area is 139 Å². The fraction of sp³-hybridized carbons (Fsp3) is 0.0625. The summed E-state index contributed by atoms with van der Waals surface area (Å²) in [5.74, 6) is 0.0224. The lowest BCUT2D eigenvalue weighted by Gasteiger charge is -2.04. The van der Waals surface area contributed by atoms with Gasteiger partial charge in [-0.05, 0) is 30.3 Å². The minimum atomic E-state index is -0.435. The van der Waals surface area contributed by atoms with Crippen LogP contribution in [0.5, 0.6) is 0 Å². The molecule has 1 N–H and O–H groups in total. The molecule has 2 aromatic carbocycles. The van der Waals surface area contributed by atoms with Crippen molar-refractivity contribution in [1.82, 2.24) is 5.16 Å². The average Bonchev–Trinajstić information content (AvgIpc) is 2.91. The molecule has 3 rings (SSSR count). The summed E-state index contributed by atoms with van der Waals surface area (Å²) >= 11 is 9.45. The third kappa shape index (κ3) is 2.79. The van der Waals surface area contributed by atoms with Crippen molar-refractivity contribution >= 4 is 27.5 Å². The fourth-order valence-electron chi connectivity index (χ4n) is 2.21. The van der Waals surface area contributed by atoms with Crippen LogP contribution in [-0.4, -0.2) is 10.3 Å². The second-order valence-corrected chi connectivity index (χ2v) is 5.95. The van der Waals surface area contributed by atoms with Gasteiger partial charge < -0.3 is 9.63 Å². The molecule has 0 aliphatic heterocycles. The van der Waals surface area contributed by atoms with Crippen LogP contribution >= 0.6 is 27.5 Å². The molecule has 0 amide bonds. The summed E-state index contributed by atoms with van der Waals surface area (Å²) in [5, 5.41) is 13.9. The van der Waals surface area contributed by atoms with Crippen molar-refractivity contribution in [3.8, 4) is 22.6 Å². The average molecular weight is 383 g/mol. The number of hydrogen-bond donors (Lipinski definition) is 1. The lowest BCUT2D eigenvalue weighted by Crippen LogP contribution is -1.90. The van der Waals surface area contributed by atoms with Crippen LogP contribution in [-0.2, 0) is 6.61 Å². The monoisotopic (exact) mass is 381 g/mol. The van der Waals surface area contributed by atoms with Crippen LogP contribution in [0.1, 0.15) is 5.56 Å². The summed E-state index contributed by atoms with van der Waals surface area (Å²) in [7, 11) is 0. The minimum absolute atomic E-state index is 0.212. The summed E-state index contributed by atoms with van der Waals surface area (Å²) in [5.41, 5.74) is 2.20. The van der Waals surface area contributed by atoms with Gasteiger partial charge in [0.1, 0.15) is 11.5 Å². The maximum atomic E-state index is 13.2. The number of aromatic nitrogens is 1. The van der Waals surface area contributed by atoms with Gasteiger partial charge in [0.05, 0.1) is 17.2 Å². The second-order valence-electron chi connectivity index (χ2n) is 4.63. The number of benzene rings is 2. The van der Waals surface area contributed by atoms with Crippen molar-refractivity contribution in [3.63, 3.8) is 0 Å². The highest BCUT2D eigenvalue weighted by molar-refractivity contribution is 9.10. The second kappa shape index (κ2) is 6.20. The highest BCUT2D eigenvalue weighted by atomic mass is 79.9. The molecule has 0 saturated carbocycles. The van der Waals surface area contributed by atoms with Gasteiger partial charge in [-0.1, -0.05) is 44.8 Å². The van der Waals surface area contributed by atoms with Crippen LogP contribution in [0.4, 0.5) is 4.39 Å². The van der Waals surface area contributed by atoms with Gasteiger partial charge in [0.2, 0.25) is 0 Å². The maximum Gasteiger partial charge on any atom is 0.173 e. The number of halogens is 3. The molecule has 0 spiro atoms. The summed E-state index contributed by atoms with van der Waals surface area (Å²) in [4.78, 5) is 0. The van der Waals surface area contributed by atoms with Crippen molar-refractivity contribution in [3.05, 3.63) is 63.3 Å². The van der Waals surface area contributed by atoms with E-state index < -0.39 is 5.82 Å². The molecule has 3 aromatic rings. The van der Waals surface area contributed by atoms with Gasteiger partial charge in [0, 0.05) is 15.6 Å². The first kappa shape index (κ1) is 15.2. The van der Waals surface area contributed by atoms with Crippen molar-refractivity contribution in [2.24, 2.45) is 0 Å². The van der Waals surface area contributed by atoms with Crippen molar-refractivity contribution in [1.29, 1.82) is 0 Å². The molecular formula is C16H10BrClFNO2. The third-order valence-electron chi connectivity index (χ3n) is 3.22. The number of nitrogens with zero attached hydrogens (tertiary/aromatic N) is 1. The Balaban J connectivity index is 2.15. The lowest BCUT2D eigenvalue weighted by molar-refractivity contribution is 0.281. The Morgan fingerprint density at radius 3 is 2.73 bits per heavy atom. The predicted molar refractivity (Wildman–Crippen MR) is 86.0 cm³/mol. The zero-order valence-corrected chi connectivity index (χ0v) is 13.5. The SMILES string of the molecule is OCc1c(-c2ccc(F)cc2Cl)noc1-c1cccc(Br)c1. The normalized spacial score (nSPS) is 10.9. The van der Waals surface area contributed by atoms with Gasteiger partial charge >= 0.3 is 0 Å². The van der Waals surface area contributed by atoms with Crippen LogP contribution < -0.4 is 0 Å². The largest absolute Gasteiger partial charge is 0.391 e. The first-order valence-electron chi connectivity index (χ1n) is 6.41. The van der Waals surface area contributed by atoms with E-state index in [1.807, 2.05) is 24.3 Å². The molecule has 0 aliphatic carbocycles. The van der Waals surface area contributed by atoms with Crippen molar-refractivity contribution < 1.29 is 14.0 Å². The molecule has 0 aliphatic rings. The standard InChI is InChI=1S/C16H10BrClFNO2/c17-10-3-1-2-9(6-10)16-13(8-21)15(20-22-16)12-5-4-11(19)7-14(12)18/h1-7,21H,8H2. The molecule has 3 nitrogen and oxygen atoms in total. The van der Waals surface area contributed by atoms with E-state index >= 15 is 0 Å². The molecular weight excluding hydrogens is 373 g/mol. The Morgan fingerprint density at radius 2 is 2.05 bits per heavy atom. The summed E-state index contributed by atoms with van der Waals surface area (Å²) in [6, 6.07) is 11.4. The van der Waals surface area contributed by atoms with E-state index in [1.54, 1.807) is 0 Å². The Bertz CT molecular complexity index is 835. The van der Waals surface area contributed by atoms with Crippen LogP contribution in [0.25, 0.3) is 22.6 Å². The van der Waals surface area contributed by atoms with Gasteiger partial charge in [0.15, 0.2) is 5.76 Å². The zero-order valence-electron chi connectivity index (χ0n) is 11.2. The zero-order chi connectivity index (χ0) is 15.7. The fourth-order valence-corrected chi connectivity index (χ4v) is 2.86. The lowest BCUT2D eigenvalue weighted by atomic mass is 10.0. The molecule has 0 saturated heterocycles. The number of aliphatic hydroxyl groups excluding tert-OH is 1. The minimum Gasteiger partial charge on any atom is -0.391 e. The van der Waals surface area contributed by atoms with E-state index in [-0.39, 0.29) is 11.6 Å². The molecule has 22 heavy (non-hydrogen) atoms. The summed E-state index contributed by atoms with van der Waals surface area (Å²) < 4.78 is 19.4. The van der Waals surface area contributed by atoms with Crippen molar-refractivity contribution in [2.75, 3.05) is 0 Å². The van der Waals surface area contributed by atoms with E-state index in [0.29, 0.717) is 22.6 Å². The molecule has 6 heteroatoms. The Hall–Kier alpha value is -1.69. The topological polar surface area (TPSA) is 46.3 Å². The van der Waals surface area contributed by atoms with E-state index in [2.05, 4.69) is 21.1 Å². The van der Waals surface area contributed by atoms with Crippen LogP contribution in [0.3, 0.4) is 0 Å². The van der Waals surface area contributed by atoms with Crippen LogP contribution in [0.15, 0.2) is 51.5 Å². The molecule has 1 heterocycles. The number of aliphatic hydroxyl groups is 1. The Kier molecular flexibility index (Phi) is 4.29. The molecule has 0 atom stereocenters. The van der Waals surface area contributed by atoms with Gasteiger partial charge in [-0.2, -0.15) is 0 Å². The number of hydrogen-bond acceptors (Lipinski definition) is 3. The van der Waals surface area contributed by atoms with E-state index in [0.717, 1.165) is 10.0 Å². The Morgan fingerprint density at radius 1 is 1.23 bits per heavy atom. The van der Waals surface area contributed by atoms with Gasteiger partial charge in [-0.15, -0.1) is 0 Å². The number of rotatable bonds is 3. The molecule has 0 fully saturated rings. The third-order valence-corrected chi connectivity index (χ3v) is 4.03. The van der Waals surface area contributed by atoms with E-state index in [1.165, 1.54) is 18.2 Å². The molecule has 0 bridgehead atoms. The molecule has 0 radical (unpaired) electrons. The molecule has 112 valence electrons. The maximum absolute atomic E-state index is 13.2. The summed E-state index contributed by atoms with van der Waals surface area (Å²) in [6.45, 7) is -0.269. The van der Waals surface area contributed by atoms with E-state index in [4.69, 9.17) is 16.1 Å². The predicted octanol–water partition coefficient (Wildman–Crippen LogP) is 5.06. The highest BCUT2D eigenvalue weighted by Crippen LogP contribution is 2.36. The molecule has 1 aromatic heterocycles. The quantitative estimate of drug-likeness (QED) is 0.689. The smallest absolute Gasteiger partial charge is 0.173 e. The van der Waals surface area contributed by atoms with Gasteiger partial charge in [-0.25, -0.2) is 4.39 Å². The van der Waals surface area contributed by atoms with Gasteiger partial charge in [-0.3, -0.25) is 0 Å². The summed E-state index contributed by atoms with van der Waals surface area (Å²) in [6.07, 6.45) is 0. The van der Waals surface area contributed by atoms with Crippen LogP contribution in [0.2, 0.25) is 5.02 Å². The first-order valence-corrected chi connectivity index (χ1v) is 7.58.